The van der Waals surface area contributed by atoms with Crippen LogP contribution in [0.2, 0.25) is 0 Å². The molecule has 1 fully saturated rings. The third-order valence-electron chi connectivity index (χ3n) is 5.79. The Balaban J connectivity index is 1.64. The van der Waals surface area contributed by atoms with E-state index in [4.69, 9.17) is 4.98 Å². The van der Waals surface area contributed by atoms with E-state index in [0.29, 0.717) is 33.6 Å². The largest absolute Gasteiger partial charge is 0.342 e. The molecule has 31 heavy (non-hydrogen) atoms. The number of likely N-dealkylation sites (tertiary alicyclic amines) is 1. The predicted molar refractivity (Wildman–Crippen MR) is 130 cm³/mol. The van der Waals surface area contributed by atoms with Crippen molar-refractivity contribution in [2.45, 2.75) is 38.4 Å². The monoisotopic (exact) mass is 453 g/mol. The second-order valence-corrected chi connectivity index (χ2v) is 9.95. The summed E-state index contributed by atoms with van der Waals surface area (Å²) in [6, 6.07) is 8.17. The predicted octanol–water partition coefficient (Wildman–Crippen LogP) is 4.97. The van der Waals surface area contributed by atoms with Crippen molar-refractivity contribution in [1.29, 1.82) is 0 Å². The van der Waals surface area contributed by atoms with Gasteiger partial charge in [-0.15, -0.1) is 17.9 Å². The molecule has 2 aromatic heterocycles. The normalized spacial score (nSPS) is 14.8. The molecule has 1 amide bonds. The Morgan fingerprint density at radius 3 is 2.68 bits per heavy atom. The molecule has 7 heteroatoms. The molecule has 0 N–H and O–H groups in total. The number of aryl methyl sites for hydroxylation is 1. The van der Waals surface area contributed by atoms with Crippen molar-refractivity contribution in [1.82, 2.24) is 14.5 Å². The number of hydrogen-bond acceptors (Lipinski definition) is 5. The summed E-state index contributed by atoms with van der Waals surface area (Å²) in [6.45, 7) is 10.1. The van der Waals surface area contributed by atoms with Gasteiger partial charge in [-0.05, 0) is 31.2 Å². The zero-order valence-electron chi connectivity index (χ0n) is 18.0. The quantitative estimate of drug-likeness (QED) is 0.300. The Hall–Kier alpha value is -2.38. The highest BCUT2D eigenvalue weighted by Crippen LogP contribution is 2.32. The van der Waals surface area contributed by atoms with E-state index < -0.39 is 0 Å². The number of benzene rings is 1. The zero-order valence-corrected chi connectivity index (χ0v) is 19.6. The van der Waals surface area contributed by atoms with E-state index in [-0.39, 0.29) is 11.5 Å². The SMILES string of the molecule is C=CCn1c(SCC(=O)N2CCC(C)CC2)nc2scc(-c3ccc(C)cc3)c2c1=O. The van der Waals surface area contributed by atoms with Crippen molar-refractivity contribution in [3.63, 3.8) is 0 Å². The van der Waals surface area contributed by atoms with Crippen LogP contribution in [-0.4, -0.2) is 39.2 Å². The van der Waals surface area contributed by atoms with Crippen molar-refractivity contribution < 1.29 is 4.79 Å². The number of amides is 1. The van der Waals surface area contributed by atoms with Crippen LogP contribution in [0.3, 0.4) is 0 Å². The maximum absolute atomic E-state index is 13.4. The van der Waals surface area contributed by atoms with Crippen LogP contribution in [-0.2, 0) is 11.3 Å². The molecule has 0 atom stereocenters. The van der Waals surface area contributed by atoms with Crippen LogP contribution >= 0.6 is 23.1 Å². The smallest absolute Gasteiger partial charge is 0.263 e. The molecule has 162 valence electrons. The number of carbonyl (C=O) groups excluding carboxylic acids is 1. The number of thiophene rings is 1. The summed E-state index contributed by atoms with van der Waals surface area (Å²) < 4.78 is 1.63. The number of piperidine rings is 1. The summed E-state index contributed by atoms with van der Waals surface area (Å²) in [7, 11) is 0. The lowest BCUT2D eigenvalue weighted by atomic mass is 9.99. The fourth-order valence-electron chi connectivity index (χ4n) is 3.83. The van der Waals surface area contributed by atoms with E-state index in [9.17, 15) is 9.59 Å². The molecule has 1 aromatic carbocycles. The van der Waals surface area contributed by atoms with Gasteiger partial charge in [0.15, 0.2) is 5.16 Å². The minimum absolute atomic E-state index is 0.0801. The molecule has 0 aliphatic carbocycles. The minimum atomic E-state index is -0.0801. The van der Waals surface area contributed by atoms with Crippen LogP contribution in [0.15, 0.2) is 52.3 Å². The molecule has 3 aromatic rings. The van der Waals surface area contributed by atoms with Crippen LogP contribution in [0, 0.1) is 12.8 Å². The molecular formula is C24H27N3O2S2. The molecule has 1 aliphatic rings. The summed E-state index contributed by atoms with van der Waals surface area (Å²) in [4.78, 5) is 33.5. The molecule has 1 saturated heterocycles. The first-order valence-electron chi connectivity index (χ1n) is 10.6. The highest BCUT2D eigenvalue weighted by atomic mass is 32.2. The van der Waals surface area contributed by atoms with Gasteiger partial charge in [0.05, 0.1) is 11.1 Å². The van der Waals surface area contributed by atoms with Crippen molar-refractivity contribution in [3.8, 4) is 11.1 Å². The van der Waals surface area contributed by atoms with Crippen LogP contribution < -0.4 is 5.56 Å². The first-order valence-corrected chi connectivity index (χ1v) is 12.4. The van der Waals surface area contributed by atoms with Gasteiger partial charge in [-0.1, -0.05) is 54.6 Å². The van der Waals surface area contributed by atoms with Gasteiger partial charge < -0.3 is 4.90 Å². The van der Waals surface area contributed by atoms with Crippen molar-refractivity contribution in [3.05, 3.63) is 58.2 Å². The van der Waals surface area contributed by atoms with Gasteiger partial charge in [-0.3, -0.25) is 14.2 Å². The first kappa shape index (κ1) is 21.8. The fraction of sp³-hybridized carbons (Fsp3) is 0.375. The Morgan fingerprint density at radius 2 is 2.00 bits per heavy atom. The van der Waals surface area contributed by atoms with Gasteiger partial charge in [0.1, 0.15) is 4.83 Å². The molecule has 4 rings (SSSR count). The average molecular weight is 454 g/mol. The van der Waals surface area contributed by atoms with Crippen LogP contribution in [0.4, 0.5) is 0 Å². The third-order valence-corrected chi connectivity index (χ3v) is 7.63. The Labute approximate surface area is 190 Å². The number of aromatic nitrogens is 2. The molecule has 0 radical (unpaired) electrons. The van der Waals surface area contributed by atoms with Gasteiger partial charge in [-0.2, -0.15) is 0 Å². The zero-order chi connectivity index (χ0) is 22.0. The highest BCUT2D eigenvalue weighted by Gasteiger charge is 2.22. The lowest BCUT2D eigenvalue weighted by Gasteiger charge is -2.30. The second kappa shape index (κ2) is 9.40. The van der Waals surface area contributed by atoms with E-state index in [0.717, 1.165) is 37.1 Å². The standard InChI is InChI=1S/C24H27N3O2S2/c1-4-11-27-23(29)21-19(18-7-5-16(2)6-8-18)14-30-22(21)25-24(27)31-15-20(28)26-12-9-17(3)10-13-26/h4-8,14,17H,1,9-13,15H2,2-3H3. The van der Waals surface area contributed by atoms with E-state index in [1.54, 1.807) is 10.6 Å². The van der Waals surface area contributed by atoms with Crippen molar-refractivity contribution in [2.24, 2.45) is 5.92 Å². The van der Waals surface area contributed by atoms with E-state index >= 15 is 0 Å². The lowest BCUT2D eigenvalue weighted by Crippen LogP contribution is -2.39. The number of rotatable bonds is 6. The molecule has 0 spiro atoms. The van der Waals surface area contributed by atoms with Gasteiger partial charge in [0.2, 0.25) is 5.91 Å². The second-order valence-electron chi connectivity index (χ2n) is 8.15. The Kier molecular flexibility index (Phi) is 6.62. The number of hydrogen-bond donors (Lipinski definition) is 0. The number of fused-ring (bicyclic) bond motifs is 1. The molecule has 3 heterocycles. The average Bonchev–Trinajstić information content (AvgIpc) is 3.19. The number of carbonyl (C=O) groups is 1. The van der Waals surface area contributed by atoms with Gasteiger partial charge in [0, 0.05) is 30.6 Å². The maximum atomic E-state index is 13.4. The third kappa shape index (κ3) is 4.62. The number of nitrogens with zero attached hydrogens (tertiary/aromatic N) is 3. The van der Waals surface area contributed by atoms with E-state index in [1.807, 2.05) is 41.5 Å². The van der Waals surface area contributed by atoms with Crippen molar-refractivity contribution in [2.75, 3.05) is 18.8 Å². The van der Waals surface area contributed by atoms with Crippen LogP contribution in [0.1, 0.15) is 25.3 Å². The van der Waals surface area contributed by atoms with Gasteiger partial charge in [0.25, 0.3) is 5.56 Å². The Morgan fingerprint density at radius 1 is 1.29 bits per heavy atom. The molecule has 0 saturated carbocycles. The summed E-state index contributed by atoms with van der Waals surface area (Å²) in [5.74, 6) is 1.09. The molecule has 5 nitrogen and oxygen atoms in total. The van der Waals surface area contributed by atoms with Gasteiger partial charge in [-0.25, -0.2) is 4.98 Å². The number of allylic oxidation sites excluding steroid dienone is 1. The number of thioether (sulfide) groups is 1. The lowest BCUT2D eigenvalue weighted by molar-refractivity contribution is -0.129. The van der Waals surface area contributed by atoms with E-state index in [1.165, 1.54) is 28.7 Å². The maximum Gasteiger partial charge on any atom is 0.263 e. The molecular weight excluding hydrogens is 426 g/mol. The first-order chi connectivity index (χ1) is 15.0. The summed E-state index contributed by atoms with van der Waals surface area (Å²) >= 11 is 2.82. The topological polar surface area (TPSA) is 55.2 Å². The minimum Gasteiger partial charge on any atom is -0.342 e. The molecule has 0 unspecified atom stereocenters. The molecule has 0 bridgehead atoms. The fourth-order valence-corrected chi connectivity index (χ4v) is 5.73. The molecule has 1 aliphatic heterocycles. The summed E-state index contributed by atoms with van der Waals surface area (Å²) in [5, 5.41) is 3.21. The van der Waals surface area contributed by atoms with Crippen molar-refractivity contribution >= 4 is 39.2 Å². The summed E-state index contributed by atoms with van der Waals surface area (Å²) in [5.41, 5.74) is 3.02. The Bertz CT molecular complexity index is 1160. The van der Waals surface area contributed by atoms with E-state index in [2.05, 4.69) is 13.5 Å². The van der Waals surface area contributed by atoms with Gasteiger partial charge >= 0.3 is 0 Å². The van der Waals surface area contributed by atoms with Crippen LogP contribution in [0.25, 0.3) is 21.3 Å². The summed E-state index contributed by atoms with van der Waals surface area (Å²) in [6.07, 6.45) is 3.81. The highest BCUT2D eigenvalue weighted by molar-refractivity contribution is 7.99. The van der Waals surface area contributed by atoms with Crippen LogP contribution in [0.5, 0.6) is 0 Å².